The largest absolute Gasteiger partial charge is 0.505 e. The van der Waals surface area contributed by atoms with Crippen molar-refractivity contribution in [2.24, 2.45) is 40.9 Å². The van der Waals surface area contributed by atoms with Gasteiger partial charge in [-0.25, -0.2) is 18.3 Å². The van der Waals surface area contributed by atoms with Crippen LogP contribution in [0.25, 0.3) is 0 Å². The summed E-state index contributed by atoms with van der Waals surface area (Å²) in [5.41, 5.74) is 20.3. The summed E-state index contributed by atoms with van der Waals surface area (Å²) in [6, 6.07) is 50.2. The molecular formula is C102H124N20O6+4. The smallest absolute Gasteiger partial charge is 0.350 e. The lowest BCUT2D eigenvalue weighted by atomic mass is 9.90. The van der Waals surface area contributed by atoms with Crippen molar-refractivity contribution < 1.29 is 47.7 Å². The third-order valence-corrected chi connectivity index (χ3v) is 26.0. The Hall–Kier alpha value is -13.0. The number of anilines is 4. The van der Waals surface area contributed by atoms with E-state index in [1.165, 1.54) is 81.8 Å². The van der Waals surface area contributed by atoms with E-state index in [0.29, 0.717) is 110 Å². The number of nitrogens with zero attached hydrogens (tertiary/aromatic N) is 20. The lowest BCUT2D eigenvalue weighted by Crippen LogP contribution is -2.36. The highest BCUT2D eigenvalue weighted by atomic mass is 16.3. The summed E-state index contributed by atoms with van der Waals surface area (Å²) in [4.78, 5) is 70.4. The number of aromatic nitrogens is 4. The molecule has 18 rings (SSSR count). The van der Waals surface area contributed by atoms with Crippen LogP contribution < -0.4 is 37.9 Å². The fourth-order valence-corrected chi connectivity index (χ4v) is 19.6. The average Bonchev–Trinajstić information content (AvgIpc) is 1.50. The average molecular weight is 1730 g/mol. The van der Waals surface area contributed by atoms with Gasteiger partial charge in [0.25, 0.3) is 23.6 Å². The van der Waals surface area contributed by atoms with E-state index in [4.69, 9.17) is 10.2 Å². The molecule has 8 aliphatic heterocycles. The summed E-state index contributed by atoms with van der Waals surface area (Å²) < 4.78 is 8.19. The molecule has 0 unspecified atom stereocenters. The molecule has 0 spiro atoms. The summed E-state index contributed by atoms with van der Waals surface area (Å²) in [6.45, 7) is 13.6. The highest BCUT2D eigenvalue weighted by molar-refractivity contribution is 5.99. The van der Waals surface area contributed by atoms with Crippen molar-refractivity contribution in [3.63, 3.8) is 0 Å². The van der Waals surface area contributed by atoms with E-state index in [1.54, 1.807) is 82.2 Å². The molecule has 0 atom stereocenters. The fraction of sp³-hybridized carbons (Fsp3) is 0.412. The van der Waals surface area contributed by atoms with Gasteiger partial charge in [-0.2, -0.15) is 0 Å². The molecular weight excluding hydrogens is 1600 g/mol. The van der Waals surface area contributed by atoms with Gasteiger partial charge in [0.1, 0.15) is 11.4 Å². The maximum atomic E-state index is 13.4. The van der Waals surface area contributed by atoms with Gasteiger partial charge in [-0.15, -0.1) is 0 Å². The van der Waals surface area contributed by atoms with E-state index in [1.807, 2.05) is 133 Å². The molecule has 0 aliphatic carbocycles. The van der Waals surface area contributed by atoms with Crippen LogP contribution in [-0.2, 0) is 77.5 Å². The number of rotatable bonds is 28. The number of aromatic hydroxyl groups is 2. The molecule has 26 heteroatoms. The van der Waals surface area contributed by atoms with Crippen LogP contribution in [0, 0.1) is 0 Å². The highest BCUT2D eigenvalue weighted by Crippen LogP contribution is 2.48. The van der Waals surface area contributed by atoms with Crippen molar-refractivity contribution in [3.05, 3.63) is 249 Å². The molecule has 0 saturated heterocycles. The predicted octanol–water partition coefficient (Wildman–Crippen LogP) is 18.3. The van der Waals surface area contributed by atoms with Crippen molar-refractivity contribution in [2.45, 2.75) is 169 Å². The normalized spacial score (nSPS) is 15.2. The molecule has 8 aliphatic rings. The molecule has 26 nitrogen and oxygen atoms in total. The fourth-order valence-electron chi connectivity index (χ4n) is 19.6. The van der Waals surface area contributed by atoms with Gasteiger partial charge in [0.05, 0.1) is 71.4 Å². The Balaban J connectivity index is 0.000000194. The lowest BCUT2D eigenvalue weighted by Gasteiger charge is -2.37. The van der Waals surface area contributed by atoms with Crippen LogP contribution in [0.4, 0.5) is 68.8 Å². The maximum absolute atomic E-state index is 13.4. The second-order valence-electron chi connectivity index (χ2n) is 34.7. The highest BCUT2D eigenvalue weighted by Gasteiger charge is 2.33. The minimum Gasteiger partial charge on any atom is -0.505 e. The summed E-state index contributed by atoms with van der Waals surface area (Å²) >= 11 is 0. The first-order valence-corrected chi connectivity index (χ1v) is 45.5. The molecule has 4 aromatic heterocycles. The zero-order valence-corrected chi connectivity index (χ0v) is 73.2. The number of aryl methyl sites for hydroxylation is 10. The lowest BCUT2D eigenvalue weighted by molar-refractivity contribution is -0.684. The van der Waals surface area contributed by atoms with Crippen LogP contribution in [0.15, 0.2) is 223 Å². The molecule has 2 N–H and O–H groups in total. The molecule has 0 bridgehead atoms. The third-order valence-electron chi connectivity index (χ3n) is 26.0. The maximum Gasteiger partial charge on any atom is 0.350 e. The molecule has 664 valence electrons. The second kappa shape index (κ2) is 41.6. The SMILES string of the molecule is C.C.CN(CCC[n+]1ccccc1N=Nc1cc2c3c(c1)CCCN3CCC2)C(=O)c1ccc(C(=O)N(C)CCC[n+]2ccccc2N=Nc2cc3c4c(c2)CCCN4CCC3)cc1.CN(CCC[n+]1ccccc1N=Nc1cc2c3c(c1O)CCCN3CCC2)C(=O)c1ccc(C(=O)N(C)CCC[n+]2ccccc2N=Nc2cc3c4c(c2O)CCCN4CCC3)cc1. The Labute approximate surface area is 753 Å². The number of azo groups is 4. The quantitative estimate of drug-likeness (QED) is 0.0346. The first kappa shape index (κ1) is 89.8. The minimum absolute atomic E-state index is 0. The number of hydrogen-bond donors (Lipinski definition) is 2. The van der Waals surface area contributed by atoms with Crippen molar-refractivity contribution >= 4 is 92.4 Å². The first-order chi connectivity index (χ1) is 61.6. The zero-order valence-electron chi connectivity index (χ0n) is 73.2. The minimum atomic E-state index is -0.119. The standard InChI is InChI=1S/C50H56N10O4.C50H58N10O2.2CH4/c1-55(23-11-31-57-25-5-3-17-43(57)53-51-41-33-37-13-7-27-59-29-9-15-39(45(37)59)47(41)61)49(63)35-19-21-36(22-20-35)50(64)56(2)24-12-32-58-26-6-4-18-44(58)54-52-42-34-38-14-8-28-60-30-10-16-40(46(38)60)48(42)62;1-55(23-11-31-57-25-5-3-17-45(57)53-51-43-33-39-13-7-27-59-28-8-14-40(34-43)47(39)59)49(61)37-19-21-38(22-20-37)50(62)56(2)24-12-32-58-26-6-4-18-46(58)54-52-44-35-41-15-9-29-60-30-10-16-42(36-44)48(41)60;;/h3-6,17-22,25-26,33-34H,7-16,23-24,27-32H2,1-2H3;3-6,17-22,25-26,33-36H,7-16,23-24,27-32H2,1-2H3;2*1H4/q;+2;;/p+2. The molecule has 128 heavy (non-hydrogen) atoms. The van der Waals surface area contributed by atoms with Crippen LogP contribution in [0.5, 0.6) is 11.5 Å². The Morgan fingerprint density at radius 2 is 0.539 bits per heavy atom. The van der Waals surface area contributed by atoms with E-state index in [2.05, 4.69) is 83.7 Å². The van der Waals surface area contributed by atoms with Crippen molar-refractivity contribution in [1.29, 1.82) is 0 Å². The number of phenols is 2. The summed E-state index contributed by atoms with van der Waals surface area (Å²) in [7, 11) is 7.22. The molecule has 4 amide bonds. The van der Waals surface area contributed by atoms with Crippen molar-refractivity contribution in [2.75, 3.05) is 126 Å². The van der Waals surface area contributed by atoms with Gasteiger partial charge in [0.15, 0.2) is 22.9 Å². The Morgan fingerprint density at radius 1 is 0.305 bits per heavy atom. The number of hydrogen-bond acceptors (Lipinski definition) is 18. The van der Waals surface area contributed by atoms with E-state index in [-0.39, 0.29) is 50.0 Å². The van der Waals surface area contributed by atoms with E-state index in [9.17, 15) is 29.4 Å². The van der Waals surface area contributed by atoms with Gasteiger partial charge in [-0.3, -0.25) is 19.2 Å². The number of carbonyl (C=O) groups is 4. The molecule has 12 heterocycles. The number of carbonyl (C=O) groups excluding carboxylic acids is 4. The predicted molar refractivity (Wildman–Crippen MR) is 500 cm³/mol. The van der Waals surface area contributed by atoms with Crippen LogP contribution in [0.1, 0.15) is 178 Å². The molecule has 0 radical (unpaired) electrons. The molecule has 0 saturated carbocycles. The van der Waals surface area contributed by atoms with Crippen molar-refractivity contribution in [3.8, 4) is 11.5 Å². The van der Waals surface area contributed by atoms with Gasteiger partial charge < -0.3 is 49.4 Å². The Kier molecular flexibility index (Phi) is 29.2. The summed E-state index contributed by atoms with van der Waals surface area (Å²) in [6.07, 6.45) is 27.9. The molecule has 10 aromatic rings. The topological polar surface area (TPSA) is 249 Å². The number of amides is 4. The van der Waals surface area contributed by atoms with Crippen LogP contribution >= 0.6 is 0 Å². The number of phenolic OH excluding ortho intramolecular Hbond substituents is 2. The van der Waals surface area contributed by atoms with Crippen molar-refractivity contribution in [1.82, 2.24) is 19.6 Å². The van der Waals surface area contributed by atoms with Gasteiger partial charge in [0, 0.05) is 213 Å². The van der Waals surface area contributed by atoms with Crippen LogP contribution in [-0.4, -0.2) is 160 Å². The Morgan fingerprint density at radius 3 is 0.805 bits per heavy atom. The van der Waals surface area contributed by atoms with E-state index < -0.39 is 0 Å². The van der Waals surface area contributed by atoms with E-state index >= 15 is 0 Å². The first-order valence-electron chi connectivity index (χ1n) is 45.5. The number of pyridine rings is 4. The van der Waals surface area contributed by atoms with Gasteiger partial charge in [-0.05, 0) is 266 Å². The molecule has 0 fully saturated rings. The van der Waals surface area contributed by atoms with E-state index in [0.717, 1.165) is 176 Å². The van der Waals surface area contributed by atoms with Crippen LogP contribution in [0.2, 0.25) is 0 Å². The monoisotopic (exact) mass is 1720 g/mol. The van der Waals surface area contributed by atoms with Gasteiger partial charge in [-0.1, -0.05) is 39.1 Å². The van der Waals surface area contributed by atoms with Gasteiger partial charge >= 0.3 is 23.3 Å². The zero-order chi connectivity index (χ0) is 86.6. The summed E-state index contributed by atoms with van der Waals surface area (Å²) in [5, 5.41) is 59.3. The van der Waals surface area contributed by atoms with Crippen LogP contribution in [0.3, 0.4) is 0 Å². The van der Waals surface area contributed by atoms with Gasteiger partial charge in [0.2, 0.25) is 0 Å². The number of benzene rings is 6. The second-order valence-corrected chi connectivity index (χ2v) is 34.7. The Bertz CT molecular complexity index is 5400. The summed E-state index contributed by atoms with van der Waals surface area (Å²) in [5.74, 6) is 2.98. The third kappa shape index (κ3) is 20.5. The molecule has 6 aromatic carbocycles.